The largest absolute Gasteiger partial charge is 0.494 e. The molecule has 0 spiro atoms. The van der Waals surface area contributed by atoms with Crippen molar-refractivity contribution in [2.24, 2.45) is 5.92 Å². The lowest BCUT2D eigenvalue weighted by Crippen LogP contribution is -2.37. The van der Waals surface area contributed by atoms with E-state index in [9.17, 15) is 9.59 Å². The second-order valence-electron chi connectivity index (χ2n) is 9.62. The van der Waals surface area contributed by atoms with Gasteiger partial charge in [-0.2, -0.15) is 0 Å². The van der Waals surface area contributed by atoms with E-state index in [1.165, 1.54) is 4.90 Å². The number of para-hydroxylation sites is 1. The third-order valence-electron chi connectivity index (χ3n) is 6.98. The third-order valence-corrected chi connectivity index (χ3v) is 6.98. The summed E-state index contributed by atoms with van der Waals surface area (Å²) in [4.78, 5) is 35.0. The van der Waals surface area contributed by atoms with Crippen LogP contribution in [0.5, 0.6) is 17.2 Å². The molecule has 2 amide bonds. The lowest BCUT2D eigenvalue weighted by molar-refractivity contribution is -0.126. The number of imide groups is 1. The summed E-state index contributed by atoms with van der Waals surface area (Å²) < 4.78 is 17.2. The first-order valence-corrected chi connectivity index (χ1v) is 13.5. The Hall–Kier alpha value is -4.04. The quantitative estimate of drug-likeness (QED) is 0.232. The number of rotatable bonds is 11. The van der Waals surface area contributed by atoms with Crippen LogP contribution in [0.1, 0.15) is 44.7 Å². The van der Waals surface area contributed by atoms with Gasteiger partial charge in [-0.15, -0.1) is 0 Å². The Balaban J connectivity index is 1.48. The SMILES string of the molecule is CCCCOc1ccc(N2C(=O)[C@H]3[C@H](ON(c4ccccc4)[C@H]3c3ccc(OCCC)c(OC)c3)C2=O)cc1. The number of methoxy groups -OCH3 is 1. The standard InChI is InChI=1S/C31H34N2O6/c1-4-6-19-37-24-15-13-22(14-16-24)32-30(34)27-28(21-12-17-25(38-18-5-2)26(20-21)36-3)33(39-29(27)31(32)35)23-10-8-7-9-11-23/h7-17,20,27-29H,4-6,18-19H2,1-3H3/t27-,28+,29+/m1/s1. The minimum absolute atomic E-state index is 0.307. The molecule has 2 saturated heterocycles. The second-order valence-corrected chi connectivity index (χ2v) is 9.62. The van der Waals surface area contributed by atoms with Crippen molar-refractivity contribution in [1.82, 2.24) is 0 Å². The summed E-state index contributed by atoms with van der Waals surface area (Å²) in [5.41, 5.74) is 2.04. The molecule has 0 saturated carbocycles. The number of unbranched alkanes of at least 4 members (excludes halogenated alkanes) is 1. The molecule has 204 valence electrons. The van der Waals surface area contributed by atoms with Crippen LogP contribution in [0.3, 0.4) is 0 Å². The van der Waals surface area contributed by atoms with Gasteiger partial charge in [-0.3, -0.25) is 14.4 Å². The highest BCUT2D eigenvalue weighted by Crippen LogP contribution is 2.48. The lowest BCUT2D eigenvalue weighted by atomic mass is 9.90. The van der Waals surface area contributed by atoms with Crippen LogP contribution in [0, 0.1) is 5.92 Å². The zero-order chi connectivity index (χ0) is 27.4. The zero-order valence-electron chi connectivity index (χ0n) is 22.5. The molecular formula is C31H34N2O6. The third kappa shape index (κ3) is 5.16. The molecule has 8 heteroatoms. The minimum atomic E-state index is -0.954. The molecule has 0 radical (unpaired) electrons. The van der Waals surface area contributed by atoms with E-state index in [4.69, 9.17) is 19.0 Å². The van der Waals surface area contributed by atoms with E-state index in [1.54, 1.807) is 36.4 Å². The molecule has 39 heavy (non-hydrogen) atoms. The molecule has 0 unspecified atom stereocenters. The number of ether oxygens (including phenoxy) is 3. The maximum absolute atomic E-state index is 13.9. The van der Waals surface area contributed by atoms with E-state index in [0.29, 0.717) is 36.1 Å². The van der Waals surface area contributed by atoms with Gasteiger partial charge in [0.15, 0.2) is 17.6 Å². The average molecular weight is 531 g/mol. The normalized spacial score (nSPS) is 20.3. The monoisotopic (exact) mass is 530 g/mol. The van der Waals surface area contributed by atoms with Crippen molar-refractivity contribution in [3.63, 3.8) is 0 Å². The molecule has 0 aromatic heterocycles. The van der Waals surface area contributed by atoms with Crippen LogP contribution in [0.2, 0.25) is 0 Å². The number of hydrogen-bond acceptors (Lipinski definition) is 7. The van der Waals surface area contributed by atoms with Crippen LogP contribution < -0.4 is 24.2 Å². The molecule has 2 fully saturated rings. The summed E-state index contributed by atoms with van der Waals surface area (Å²) in [5.74, 6) is 0.450. The van der Waals surface area contributed by atoms with Gasteiger partial charge in [-0.05, 0) is 66.9 Å². The molecule has 3 aromatic carbocycles. The van der Waals surface area contributed by atoms with Crippen molar-refractivity contribution >= 4 is 23.2 Å². The maximum atomic E-state index is 13.9. The van der Waals surface area contributed by atoms with Gasteiger partial charge >= 0.3 is 0 Å². The van der Waals surface area contributed by atoms with Crippen molar-refractivity contribution in [1.29, 1.82) is 0 Å². The lowest BCUT2D eigenvalue weighted by Gasteiger charge is -2.29. The van der Waals surface area contributed by atoms with Gasteiger partial charge in [0.1, 0.15) is 11.7 Å². The topological polar surface area (TPSA) is 77.5 Å². The molecule has 8 nitrogen and oxygen atoms in total. The minimum Gasteiger partial charge on any atom is -0.494 e. The average Bonchev–Trinajstić information content (AvgIpc) is 3.48. The van der Waals surface area contributed by atoms with Gasteiger partial charge in [-0.1, -0.05) is 44.5 Å². The fraction of sp³-hybridized carbons (Fsp3) is 0.355. The Morgan fingerprint density at radius 3 is 2.26 bits per heavy atom. The Labute approximate surface area is 229 Å². The number of hydrogen-bond donors (Lipinski definition) is 0. The number of amides is 2. The van der Waals surface area contributed by atoms with E-state index in [2.05, 4.69) is 6.92 Å². The van der Waals surface area contributed by atoms with Gasteiger partial charge < -0.3 is 14.2 Å². The van der Waals surface area contributed by atoms with Gasteiger partial charge in [0.05, 0.1) is 37.7 Å². The van der Waals surface area contributed by atoms with Gasteiger partial charge in [-0.25, -0.2) is 9.96 Å². The first kappa shape index (κ1) is 26.6. The highest BCUT2D eigenvalue weighted by molar-refractivity contribution is 6.23. The molecule has 0 aliphatic carbocycles. The summed E-state index contributed by atoms with van der Waals surface area (Å²) in [5, 5.41) is 1.68. The van der Waals surface area contributed by atoms with E-state index in [-0.39, 0.29) is 11.8 Å². The number of benzene rings is 3. The molecule has 3 atom stereocenters. The molecule has 2 aliphatic rings. The molecule has 3 aromatic rings. The van der Waals surface area contributed by atoms with Crippen molar-refractivity contribution in [3.8, 4) is 17.2 Å². The summed E-state index contributed by atoms with van der Waals surface area (Å²) in [6.45, 7) is 5.33. The molecule has 5 rings (SSSR count). The molecule has 0 N–H and O–H groups in total. The highest BCUT2D eigenvalue weighted by Gasteiger charge is 2.60. The van der Waals surface area contributed by atoms with E-state index < -0.39 is 18.1 Å². The van der Waals surface area contributed by atoms with Gasteiger partial charge in [0.2, 0.25) is 5.91 Å². The Morgan fingerprint density at radius 1 is 0.795 bits per heavy atom. The smallest absolute Gasteiger partial charge is 0.266 e. The first-order valence-electron chi connectivity index (χ1n) is 13.5. The molecular weight excluding hydrogens is 496 g/mol. The second kappa shape index (κ2) is 11.8. The molecule has 2 heterocycles. The number of hydroxylamine groups is 1. The Bertz CT molecular complexity index is 1300. The fourth-order valence-electron chi connectivity index (χ4n) is 5.03. The molecule has 0 bridgehead atoms. The van der Waals surface area contributed by atoms with E-state index in [1.807, 2.05) is 55.5 Å². The summed E-state index contributed by atoms with van der Waals surface area (Å²) in [6, 6.07) is 21.6. The predicted octanol–water partition coefficient (Wildman–Crippen LogP) is 5.71. The number of fused-ring (bicyclic) bond motifs is 1. The van der Waals surface area contributed by atoms with Crippen LogP contribution in [-0.4, -0.2) is 38.2 Å². The first-order chi connectivity index (χ1) is 19.1. The van der Waals surface area contributed by atoms with Crippen LogP contribution in [0.25, 0.3) is 0 Å². The van der Waals surface area contributed by atoms with Gasteiger partial charge in [0.25, 0.3) is 5.91 Å². The Morgan fingerprint density at radius 2 is 1.56 bits per heavy atom. The van der Waals surface area contributed by atoms with Crippen LogP contribution >= 0.6 is 0 Å². The predicted molar refractivity (Wildman–Crippen MR) is 148 cm³/mol. The number of carbonyl (C=O) groups is 2. The van der Waals surface area contributed by atoms with Crippen LogP contribution in [-0.2, 0) is 14.4 Å². The van der Waals surface area contributed by atoms with Crippen molar-refractivity contribution in [2.45, 2.75) is 45.3 Å². The summed E-state index contributed by atoms with van der Waals surface area (Å²) in [7, 11) is 1.59. The van der Waals surface area contributed by atoms with Crippen LogP contribution in [0.4, 0.5) is 11.4 Å². The Kier molecular flexibility index (Phi) is 8.02. The summed E-state index contributed by atoms with van der Waals surface area (Å²) >= 11 is 0. The van der Waals surface area contributed by atoms with Crippen molar-refractivity contribution < 1.29 is 28.6 Å². The maximum Gasteiger partial charge on any atom is 0.266 e. The number of carbonyl (C=O) groups excluding carboxylic acids is 2. The van der Waals surface area contributed by atoms with Crippen molar-refractivity contribution in [2.75, 3.05) is 30.3 Å². The number of nitrogens with zero attached hydrogens (tertiary/aromatic N) is 2. The van der Waals surface area contributed by atoms with Crippen LogP contribution in [0.15, 0.2) is 72.8 Å². The van der Waals surface area contributed by atoms with E-state index in [0.717, 1.165) is 30.5 Å². The zero-order valence-corrected chi connectivity index (χ0v) is 22.5. The summed E-state index contributed by atoms with van der Waals surface area (Å²) in [6.07, 6.45) is 1.91. The van der Waals surface area contributed by atoms with E-state index >= 15 is 0 Å². The van der Waals surface area contributed by atoms with Gasteiger partial charge in [0, 0.05) is 0 Å². The van der Waals surface area contributed by atoms with Crippen molar-refractivity contribution in [3.05, 3.63) is 78.4 Å². The number of anilines is 2. The molecule has 2 aliphatic heterocycles. The fourth-order valence-corrected chi connectivity index (χ4v) is 5.03. The highest BCUT2D eigenvalue weighted by atomic mass is 16.7.